The molecule has 0 spiro atoms. The van der Waals surface area contributed by atoms with E-state index in [0.717, 1.165) is 10.5 Å². The number of ether oxygens (including phenoxy) is 1. The number of thioether (sulfide) groups is 1. The van der Waals surface area contributed by atoms with Gasteiger partial charge in [0.15, 0.2) is 0 Å². The highest BCUT2D eigenvalue weighted by Crippen LogP contribution is 2.32. The van der Waals surface area contributed by atoms with E-state index in [9.17, 15) is 9.90 Å². The summed E-state index contributed by atoms with van der Waals surface area (Å²) in [6.07, 6.45) is -1.05. The van der Waals surface area contributed by atoms with E-state index in [1.807, 2.05) is 36.4 Å². The SMILES string of the molecule is O=C(O)C(Oc1ccc(SCc2c(Cl)cccc2Cl)cc1)c1ccccc1. The summed E-state index contributed by atoms with van der Waals surface area (Å²) >= 11 is 14.0. The van der Waals surface area contributed by atoms with Crippen LogP contribution in [0.25, 0.3) is 0 Å². The van der Waals surface area contributed by atoms with Crippen LogP contribution >= 0.6 is 35.0 Å². The molecule has 0 heterocycles. The second kappa shape index (κ2) is 9.18. The zero-order valence-electron chi connectivity index (χ0n) is 14.1. The van der Waals surface area contributed by atoms with Gasteiger partial charge in [0.25, 0.3) is 0 Å². The predicted molar refractivity (Wildman–Crippen MR) is 110 cm³/mol. The number of hydrogen-bond acceptors (Lipinski definition) is 3. The predicted octanol–water partition coefficient (Wildman–Crippen LogP) is 6.49. The van der Waals surface area contributed by atoms with E-state index in [0.29, 0.717) is 27.1 Å². The minimum atomic E-state index is -1.05. The van der Waals surface area contributed by atoms with Gasteiger partial charge in [-0.25, -0.2) is 4.79 Å². The highest BCUT2D eigenvalue weighted by atomic mass is 35.5. The van der Waals surface area contributed by atoms with E-state index in [2.05, 4.69) is 0 Å². The Labute approximate surface area is 171 Å². The molecule has 0 aliphatic carbocycles. The normalized spacial score (nSPS) is 11.8. The first-order chi connectivity index (χ1) is 13.0. The molecule has 1 N–H and O–H groups in total. The Morgan fingerprint density at radius 3 is 2.15 bits per heavy atom. The number of carboxylic acids is 1. The van der Waals surface area contributed by atoms with E-state index in [1.54, 1.807) is 48.2 Å². The van der Waals surface area contributed by atoms with Crippen molar-refractivity contribution in [1.29, 1.82) is 0 Å². The lowest BCUT2D eigenvalue weighted by Crippen LogP contribution is -2.18. The van der Waals surface area contributed by atoms with Crippen molar-refractivity contribution in [3.05, 3.63) is 94.0 Å². The highest BCUT2D eigenvalue weighted by Gasteiger charge is 2.21. The van der Waals surface area contributed by atoms with Gasteiger partial charge in [-0.1, -0.05) is 59.6 Å². The molecule has 3 nitrogen and oxygen atoms in total. The molecule has 3 aromatic carbocycles. The van der Waals surface area contributed by atoms with Crippen molar-refractivity contribution in [1.82, 2.24) is 0 Å². The Kier molecular flexibility index (Phi) is 6.67. The molecule has 1 unspecified atom stereocenters. The molecule has 0 radical (unpaired) electrons. The van der Waals surface area contributed by atoms with Crippen molar-refractivity contribution in [2.24, 2.45) is 0 Å². The Hall–Kier alpha value is -2.14. The minimum Gasteiger partial charge on any atom is -0.478 e. The maximum Gasteiger partial charge on any atom is 0.349 e. The average Bonchev–Trinajstić information content (AvgIpc) is 2.67. The van der Waals surface area contributed by atoms with Gasteiger partial charge in [-0.15, -0.1) is 11.8 Å². The number of carboxylic acid groups (broad SMARTS) is 1. The first-order valence-corrected chi connectivity index (χ1v) is 9.89. The van der Waals surface area contributed by atoms with Gasteiger partial charge in [0.05, 0.1) is 0 Å². The summed E-state index contributed by atoms with van der Waals surface area (Å²) < 4.78 is 5.67. The van der Waals surface area contributed by atoms with Gasteiger partial charge in [0, 0.05) is 26.3 Å². The molecule has 0 amide bonds. The zero-order chi connectivity index (χ0) is 19.2. The van der Waals surface area contributed by atoms with Crippen LogP contribution in [0.4, 0.5) is 0 Å². The second-order valence-electron chi connectivity index (χ2n) is 5.71. The molecule has 138 valence electrons. The highest BCUT2D eigenvalue weighted by molar-refractivity contribution is 7.98. The van der Waals surface area contributed by atoms with E-state index in [-0.39, 0.29) is 0 Å². The number of aliphatic carboxylic acids is 1. The monoisotopic (exact) mass is 418 g/mol. The molecule has 0 bridgehead atoms. The van der Waals surface area contributed by atoms with Crippen molar-refractivity contribution in [3.63, 3.8) is 0 Å². The van der Waals surface area contributed by atoms with E-state index < -0.39 is 12.1 Å². The molecule has 0 aliphatic heterocycles. The molecule has 0 saturated carbocycles. The molecule has 0 saturated heterocycles. The van der Waals surface area contributed by atoms with E-state index in [4.69, 9.17) is 27.9 Å². The lowest BCUT2D eigenvalue weighted by Gasteiger charge is -2.15. The van der Waals surface area contributed by atoms with Crippen molar-refractivity contribution in [3.8, 4) is 5.75 Å². The summed E-state index contributed by atoms with van der Waals surface area (Å²) in [7, 11) is 0. The van der Waals surface area contributed by atoms with Crippen LogP contribution in [0, 0.1) is 0 Å². The summed E-state index contributed by atoms with van der Waals surface area (Å²) in [5.41, 5.74) is 1.48. The largest absolute Gasteiger partial charge is 0.478 e. The summed E-state index contributed by atoms with van der Waals surface area (Å²) in [5, 5.41) is 10.7. The minimum absolute atomic E-state index is 0.492. The summed E-state index contributed by atoms with van der Waals surface area (Å²) in [5.74, 6) is 0.0971. The molecule has 1 atom stereocenters. The fourth-order valence-corrected chi connectivity index (χ4v) is 4.11. The fraction of sp³-hybridized carbons (Fsp3) is 0.0952. The molecule has 0 fully saturated rings. The van der Waals surface area contributed by atoms with Gasteiger partial charge in [-0.3, -0.25) is 0 Å². The van der Waals surface area contributed by atoms with Crippen molar-refractivity contribution < 1.29 is 14.6 Å². The Balaban J connectivity index is 1.67. The Morgan fingerprint density at radius 1 is 0.926 bits per heavy atom. The molecular weight excluding hydrogens is 403 g/mol. The van der Waals surface area contributed by atoms with Gasteiger partial charge >= 0.3 is 5.97 Å². The Bertz CT molecular complexity index is 894. The van der Waals surface area contributed by atoms with Gasteiger partial charge < -0.3 is 9.84 Å². The van der Waals surface area contributed by atoms with Gasteiger partial charge in [0.1, 0.15) is 5.75 Å². The maximum atomic E-state index is 11.5. The molecule has 3 rings (SSSR count). The van der Waals surface area contributed by atoms with E-state index >= 15 is 0 Å². The second-order valence-corrected chi connectivity index (χ2v) is 7.57. The lowest BCUT2D eigenvalue weighted by molar-refractivity contribution is -0.145. The number of benzene rings is 3. The third-order valence-electron chi connectivity index (χ3n) is 3.85. The third kappa shape index (κ3) is 5.19. The molecule has 27 heavy (non-hydrogen) atoms. The average molecular weight is 419 g/mol. The molecule has 0 aromatic heterocycles. The standard InChI is InChI=1S/C21H16Cl2O3S/c22-18-7-4-8-19(23)17(18)13-27-16-11-9-15(10-12-16)26-20(21(24)25)14-5-2-1-3-6-14/h1-12,20H,13H2,(H,24,25). The third-order valence-corrected chi connectivity index (χ3v) is 5.60. The number of halogens is 2. The first kappa shape index (κ1) is 19.6. The van der Waals surface area contributed by atoms with Gasteiger partial charge in [0.2, 0.25) is 6.10 Å². The maximum absolute atomic E-state index is 11.5. The smallest absolute Gasteiger partial charge is 0.349 e. The van der Waals surface area contributed by atoms with Crippen molar-refractivity contribution in [2.45, 2.75) is 16.8 Å². The van der Waals surface area contributed by atoms with Crippen LogP contribution in [0.2, 0.25) is 10.0 Å². The number of carbonyl (C=O) groups is 1. The Morgan fingerprint density at radius 2 is 1.56 bits per heavy atom. The van der Waals surface area contributed by atoms with Crippen LogP contribution in [-0.2, 0) is 10.5 Å². The lowest BCUT2D eigenvalue weighted by atomic mass is 10.1. The van der Waals surface area contributed by atoms with E-state index in [1.165, 1.54) is 0 Å². The molecule has 0 aliphatic rings. The number of hydrogen-bond donors (Lipinski definition) is 1. The quantitative estimate of drug-likeness (QED) is 0.445. The summed E-state index contributed by atoms with van der Waals surface area (Å²) in [4.78, 5) is 12.5. The van der Waals surface area contributed by atoms with Gasteiger partial charge in [-0.2, -0.15) is 0 Å². The van der Waals surface area contributed by atoms with Crippen LogP contribution in [0.3, 0.4) is 0 Å². The fourth-order valence-electron chi connectivity index (χ4n) is 2.47. The first-order valence-electron chi connectivity index (χ1n) is 8.15. The molecule has 6 heteroatoms. The molecular formula is C21H16Cl2O3S. The van der Waals surface area contributed by atoms with Crippen LogP contribution in [0.15, 0.2) is 77.7 Å². The molecule has 3 aromatic rings. The summed E-state index contributed by atoms with van der Waals surface area (Å²) in [6.45, 7) is 0. The van der Waals surface area contributed by atoms with Crippen LogP contribution in [0.5, 0.6) is 5.75 Å². The van der Waals surface area contributed by atoms with Crippen LogP contribution < -0.4 is 4.74 Å². The topological polar surface area (TPSA) is 46.5 Å². The van der Waals surface area contributed by atoms with Crippen LogP contribution in [0.1, 0.15) is 17.2 Å². The van der Waals surface area contributed by atoms with Gasteiger partial charge in [-0.05, 0) is 42.0 Å². The number of rotatable bonds is 7. The van der Waals surface area contributed by atoms with Crippen LogP contribution in [-0.4, -0.2) is 11.1 Å². The van der Waals surface area contributed by atoms with Crippen molar-refractivity contribution >= 4 is 40.9 Å². The summed E-state index contributed by atoms with van der Waals surface area (Å²) in [6, 6.07) is 21.6. The zero-order valence-corrected chi connectivity index (χ0v) is 16.5. The van der Waals surface area contributed by atoms with Crippen molar-refractivity contribution in [2.75, 3.05) is 0 Å².